The van der Waals surface area contributed by atoms with E-state index in [9.17, 15) is 10.1 Å². The quantitative estimate of drug-likeness (QED) is 0.660. The van der Waals surface area contributed by atoms with Crippen LogP contribution in [0.4, 0.5) is 11.5 Å². The van der Waals surface area contributed by atoms with Crippen LogP contribution >= 0.6 is 0 Å². The molecule has 3 aliphatic heterocycles. The van der Waals surface area contributed by atoms with E-state index in [1.165, 1.54) is 6.42 Å². The lowest BCUT2D eigenvalue weighted by Gasteiger charge is -2.38. The molecule has 0 radical (unpaired) electrons. The number of nitriles is 1. The fourth-order valence-corrected chi connectivity index (χ4v) is 6.36. The normalized spacial score (nSPS) is 27.4. The van der Waals surface area contributed by atoms with Crippen LogP contribution in [0, 0.1) is 11.3 Å². The summed E-state index contributed by atoms with van der Waals surface area (Å²) in [6.07, 6.45) is 4.74. The summed E-state index contributed by atoms with van der Waals surface area (Å²) in [6, 6.07) is 11.2. The molecule has 2 aromatic rings. The summed E-state index contributed by atoms with van der Waals surface area (Å²) in [5, 5.41) is 15.8. The summed E-state index contributed by atoms with van der Waals surface area (Å²) < 4.78 is 6.22. The number of nitrogens with one attached hydrogen (secondary N) is 2. The summed E-state index contributed by atoms with van der Waals surface area (Å²) in [5.41, 5.74) is 3.38. The number of aromatic nitrogens is 2. The predicted octanol–water partition coefficient (Wildman–Crippen LogP) is 2.02. The van der Waals surface area contributed by atoms with Crippen LogP contribution in [0.3, 0.4) is 0 Å². The van der Waals surface area contributed by atoms with Crippen molar-refractivity contribution in [2.75, 3.05) is 50.1 Å². The second-order valence-electron chi connectivity index (χ2n) is 10.6. The third kappa shape index (κ3) is 3.98. The van der Waals surface area contributed by atoms with Crippen LogP contribution in [0.25, 0.3) is 0 Å². The second kappa shape index (κ2) is 9.34. The smallest absolute Gasteiger partial charge is 0.318 e. The zero-order valence-electron chi connectivity index (χ0n) is 20.8. The third-order valence-corrected chi connectivity index (χ3v) is 8.42. The zero-order valence-corrected chi connectivity index (χ0v) is 20.8. The molecule has 0 bridgehead atoms. The Bertz CT molecular complexity index is 1210. The lowest BCUT2D eigenvalue weighted by Crippen LogP contribution is -2.51. The number of carbonyl (C=O) groups is 1. The number of ether oxygens (including phenoxy) is 1. The summed E-state index contributed by atoms with van der Waals surface area (Å²) >= 11 is 0. The van der Waals surface area contributed by atoms with Gasteiger partial charge in [-0.3, -0.25) is 4.79 Å². The molecular weight excluding hydrogens is 454 g/mol. The first-order chi connectivity index (χ1) is 17.6. The van der Waals surface area contributed by atoms with Crippen LogP contribution in [0.1, 0.15) is 42.5 Å². The van der Waals surface area contributed by atoms with Crippen molar-refractivity contribution in [2.45, 2.75) is 56.0 Å². The van der Waals surface area contributed by atoms with Gasteiger partial charge in [0, 0.05) is 49.4 Å². The molecule has 3 atom stereocenters. The highest BCUT2D eigenvalue weighted by Gasteiger charge is 2.49. The molecule has 1 aliphatic carbocycles. The maximum absolute atomic E-state index is 13.3. The highest BCUT2D eigenvalue weighted by atomic mass is 16.5. The van der Waals surface area contributed by atoms with Gasteiger partial charge in [0.05, 0.1) is 23.6 Å². The number of amides is 1. The molecule has 36 heavy (non-hydrogen) atoms. The average Bonchev–Trinajstić information content (AvgIpc) is 3.42. The molecule has 188 valence electrons. The Morgan fingerprint density at radius 2 is 2.17 bits per heavy atom. The van der Waals surface area contributed by atoms with Gasteiger partial charge < -0.3 is 25.2 Å². The number of piperazine rings is 1. The van der Waals surface area contributed by atoms with Crippen molar-refractivity contribution in [3.8, 4) is 12.1 Å². The van der Waals surface area contributed by atoms with Gasteiger partial charge in [0.15, 0.2) is 0 Å². The molecule has 9 heteroatoms. The van der Waals surface area contributed by atoms with Crippen molar-refractivity contribution in [1.29, 1.82) is 5.26 Å². The third-order valence-electron chi connectivity index (χ3n) is 8.42. The molecule has 4 aliphatic rings. The molecule has 2 N–H and O–H groups in total. The molecule has 1 unspecified atom stereocenters. The van der Waals surface area contributed by atoms with Crippen molar-refractivity contribution in [3.05, 3.63) is 41.1 Å². The summed E-state index contributed by atoms with van der Waals surface area (Å²) in [4.78, 5) is 27.7. The van der Waals surface area contributed by atoms with Gasteiger partial charge in [-0.15, -0.1) is 0 Å². The van der Waals surface area contributed by atoms with Crippen LogP contribution in [-0.4, -0.2) is 72.7 Å². The number of fused-ring (bicyclic) bond motifs is 3. The predicted molar refractivity (Wildman–Crippen MR) is 136 cm³/mol. The topological polar surface area (TPSA) is 106 Å². The van der Waals surface area contributed by atoms with Gasteiger partial charge in [0.25, 0.3) is 0 Å². The summed E-state index contributed by atoms with van der Waals surface area (Å²) in [5.74, 6) is 0.960. The minimum absolute atomic E-state index is 0.0563. The highest BCUT2D eigenvalue weighted by Crippen LogP contribution is 2.47. The van der Waals surface area contributed by atoms with E-state index in [2.05, 4.69) is 39.6 Å². The number of anilines is 2. The molecule has 2 saturated heterocycles. The first-order valence-corrected chi connectivity index (χ1v) is 13.1. The largest absolute Gasteiger partial charge is 0.462 e. The van der Waals surface area contributed by atoms with Gasteiger partial charge in [-0.1, -0.05) is 18.2 Å². The minimum Gasteiger partial charge on any atom is -0.462 e. The summed E-state index contributed by atoms with van der Waals surface area (Å²) in [6.45, 7) is 3.97. The molecule has 1 aromatic carbocycles. The number of para-hydroxylation sites is 1. The van der Waals surface area contributed by atoms with Crippen molar-refractivity contribution in [3.63, 3.8) is 0 Å². The first kappa shape index (κ1) is 23.2. The summed E-state index contributed by atoms with van der Waals surface area (Å²) in [7, 11) is 2.14. The van der Waals surface area contributed by atoms with Crippen molar-refractivity contribution >= 4 is 17.4 Å². The molecule has 1 aromatic heterocycles. The molecule has 2 fully saturated rings. The molecule has 9 nitrogen and oxygen atoms in total. The average molecular weight is 488 g/mol. The van der Waals surface area contributed by atoms with E-state index in [4.69, 9.17) is 14.7 Å². The highest BCUT2D eigenvalue weighted by molar-refractivity contribution is 6.06. The van der Waals surface area contributed by atoms with E-state index < -0.39 is 5.41 Å². The molecule has 1 amide bonds. The van der Waals surface area contributed by atoms with Crippen LogP contribution in [0.2, 0.25) is 0 Å². The van der Waals surface area contributed by atoms with Crippen molar-refractivity contribution in [1.82, 2.24) is 20.2 Å². The van der Waals surface area contributed by atoms with E-state index in [0.29, 0.717) is 31.5 Å². The Balaban J connectivity index is 1.35. The van der Waals surface area contributed by atoms with E-state index in [0.717, 1.165) is 73.8 Å². The van der Waals surface area contributed by atoms with Gasteiger partial charge in [-0.05, 0) is 50.9 Å². The Kier molecular flexibility index (Phi) is 6.02. The Morgan fingerprint density at radius 1 is 1.28 bits per heavy atom. The van der Waals surface area contributed by atoms with Crippen LogP contribution < -0.4 is 20.3 Å². The number of likely N-dealkylation sites (N-methyl/N-ethyl adjacent to an activating group) is 1. The molecular formula is C27H33N7O2. The Morgan fingerprint density at radius 3 is 3.00 bits per heavy atom. The lowest BCUT2D eigenvalue weighted by atomic mass is 9.69. The van der Waals surface area contributed by atoms with Gasteiger partial charge >= 0.3 is 6.01 Å². The number of hydrogen-bond donors (Lipinski definition) is 2. The number of carbonyl (C=O) groups excluding carboxylic acids is 1. The Hall–Kier alpha value is -3.22. The number of benzene rings is 1. The minimum atomic E-state index is -0.606. The number of nitrogens with zero attached hydrogens (tertiary/aromatic N) is 5. The number of rotatable bonds is 5. The van der Waals surface area contributed by atoms with Crippen LogP contribution in [-0.2, 0) is 23.1 Å². The SMILES string of the molecule is CN1CCC[C@H]1COc1nc2c(c(N3CCN[C@@H](CC#N)C3)n1)CCC1(C2)C(=O)Nc2ccccc21. The van der Waals surface area contributed by atoms with Gasteiger partial charge in [0.2, 0.25) is 5.91 Å². The molecule has 1 spiro atoms. The van der Waals surface area contributed by atoms with Crippen LogP contribution in [0.15, 0.2) is 24.3 Å². The van der Waals surface area contributed by atoms with E-state index in [1.54, 1.807) is 0 Å². The maximum Gasteiger partial charge on any atom is 0.318 e. The van der Waals surface area contributed by atoms with E-state index in [-0.39, 0.29) is 11.9 Å². The van der Waals surface area contributed by atoms with Crippen LogP contribution in [0.5, 0.6) is 6.01 Å². The fraction of sp³-hybridized carbons (Fsp3) is 0.556. The second-order valence-corrected chi connectivity index (χ2v) is 10.6. The molecule has 4 heterocycles. The first-order valence-electron chi connectivity index (χ1n) is 13.1. The monoisotopic (exact) mass is 487 g/mol. The zero-order chi connectivity index (χ0) is 24.7. The lowest BCUT2D eigenvalue weighted by molar-refractivity contribution is -0.121. The number of likely N-dealkylation sites (tertiary alicyclic amines) is 1. The van der Waals surface area contributed by atoms with Crippen molar-refractivity contribution in [2.24, 2.45) is 0 Å². The maximum atomic E-state index is 13.3. The van der Waals surface area contributed by atoms with Gasteiger partial charge in [-0.25, -0.2) is 0 Å². The molecule has 6 rings (SSSR count). The molecule has 0 saturated carbocycles. The van der Waals surface area contributed by atoms with E-state index in [1.807, 2.05) is 18.2 Å². The van der Waals surface area contributed by atoms with Gasteiger partial charge in [-0.2, -0.15) is 15.2 Å². The Labute approximate surface area is 211 Å². The number of hydrogen-bond acceptors (Lipinski definition) is 8. The van der Waals surface area contributed by atoms with Crippen molar-refractivity contribution < 1.29 is 9.53 Å². The van der Waals surface area contributed by atoms with E-state index >= 15 is 0 Å². The fourth-order valence-electron chi connectivity index (χ4n) is 6.36. The van der Waals surface area contributed by atoms with Gasteiger partial charge in [0.1, 0.15) is 12.4 Å². The standard InChI is InChI=1S/C27H33N7O2/c1-33-13-4-5-19(33)17-36-26-31-23-15-27(21-6-2-3-7-22(21)30-25(27)35)10-8-20(23)24(32-26)34-14-12-29-18(16-34)9-11-28/h2-3,6-7,18-19,29H,4-5,8-10,12-17H2,1H3,(H,30,35)/t18-,19-,27?/m0/s1.